The second-order valence-electron chi connectivity index (χ2n) is 4.48. The van der Waals surface area contributed by atoms with Crippen LogP contribution in [-0.4, -0.2) is 17.6 Å². The van der Waals surface area contributed by atoms with Crippen molar-refractivity contribution in [3.8, 4) is 0 Å². The second kappa shape index (κ2) is 8.90. The molecular formula is C14H20N2O4. The zero-order valence-electron chi connectivity index (χ0n) is 11.6. The highest BCUT2D eigenvalue weighted by Crippen LogP contribution is 2.17. The first-order valence-corrected chi connectivity index (χ1v) is 6.81. The molecule has 0 aromatic heterocycles. The molecule has 0 fully saturated rings. The van der Waals surface area contributed by atoms with Crippen molar-refractivity contribution in [3.05, 3.63) is 34.4 Å². The summed E-state index contributed by atoms with van der Waals surface area (Å²) >= 11 is 0. The Bertz CT molecular complexity index is 449. The van der Waals surface area contributed by atoms with Crippen molar-refractivity contribution in [2.24, 2.45) is 0 Å². The van der Waals surface area contributed by atoms with E-state index >= 15 is 0 Å². The molecular weight excluding hydrogens is 260 g/mol. The fourth-order valence-electron chi connectivity index (χ4n) is 1.72. The summed E-state index contributed by atoms with van der Waals surface area (Å²) in [4.78, 5) is 21.6. The molecule has 0 atom stereocenters. The van der Waals surface area contributed by atoms with E-state index in [1.54, 1.807) is 6.07 Å². The van der Waals surface area contributed by atoms with Gasteiger partial charge in [-0.15, -0.1) is 0 Å². The summed E-state index contributed by atoms with van der Waals surface area (Å²) in [6.45, 7) is 2.51. The molecule has 20 heavy (non-hydrogen) atoms. The minimum Gasteiger partial charge on any atom is -0.449 e. The largest absolute Gasteiger partial charge is 0.449 e. The van der Waals surface area contributed by atoms with E-state index < -0.39 is 11.0 Å². The van der Waals surface area contributed by atoms with Crippen molar-refractivity contribution in [2.75, 3.05) is 11.9 Å². The van der Waals surface area contributed by atoms with Crippen molar-refractivity contribution in [1.82, 2.24) is 0 Å². The molecule has 1 aromatic rings. The summed E-state index contributed by atoms with van der Waals surface area (Å²) in [6, 6.07) is 5.75. The third kappa shape index (κ3) is 6.17. The lowest BCUT2D eigenvalue weighted by atomic mass is 10.2. The summed E-state index contributed by atoms with van der Waals surface area (Å²) in [5.41, 5.74) is 0.289. The Morgan fingerprint density at radius 1 is 1.30 bits per heavy atom. The Morgan fingerprint density at radius 2 is 2.05 bits per heavy atom. The van der Waals surface area contributed by atoms with Crippen LogP contribution in [0.4, 0.5) is 16.2 Å². The molecule has 0 unspecified atom stereocenters. The predicted molar refractivity (Wildman–Crippen MR) is 76.8 cm³/mol. The second-order valence-corrected chi connectivity index (χ2v) is 4.48. The number of nitro groups is 1. The number of rotatable bonds is 8. The molecule has 0 spiro atoms. The third-order valence-corrected chi connectivity index (χ3v) is 2.78. The van der Waals surface area contributed by atoms with Crippen LogP contribution in [0.25, 0.3) is 0 Å². The lowest BCUT2D eigenvalue weighted by molar-refractivity contribution is -0.384. The molecule has 1 amide bonds. The number of nitrogens with zero attached hydrogens (tertiary/aromatic N) is 1. The van der Waals surface area contributed by atoms with Crippen LogP contribution in [0.15, 0.2) is 24.3 Å². The Labute approximate surface area is 118 Å². The van der Waals surface area contributed by atoms with Gasteiger partial charge >= 0.3 is 6.09 Å². The Hall–Kier alpha value is -2.11. The van der Waals surface area contributed by atoms with Gasteiger partial charge in [-0.3, -0.25) is 15.4 Å². The summed E-state index contributed by atoms with van der Waals surface area (Å²) in [5, 5.41) is 13.1. The lowest BCUT2D eigenvalue weighted by Gasteiger charge is -2.06. The number of carbonyl (C=O) groups is 1. The van der Waals surface area contributed by atoms with Gasteiger partial charge in [0.05, 0.1) is 17.2 Å². The van der Waals surface area contributed by atoms with Gasteiger partial charge in [0.25, 0.3) is 5.69 Å². The summed E-state index contributed by atoms with van der Waals surface area (Å²) in [5.74, 6) is 0. The molecule has 1 N–H and O–H groups in total. The molecule has 0 aliphatic heterocycles. The molecule has 0 aliphatic carbocycles. The van der Waals surface area contributed by atoms with Crippen molar-refractivity contribution < 1.29 is 14.5 Å². The van der Waals surface area contributed by atoms with Crippen LogP contribution in [-0.2, 0) is 4.74 Å². The maximum atomic E-state index is 11.5. The molecule has 0 bridgehead atoms. The molecule has 0 radical (unpaired) electrons. The normalized spacial score (nSPS) is 10.1. The standard InChI is InChI=1S/C14H20N2O4/c1-2-3-4-5-6-10-20-14(17)15-12-8-7-9-13(11-12)16(18)19/h7-9,11H,2-6,10H2,1H3,(H,15,17). The van der Waals surface area contributed by atoms with Crippen molar-refractivity contribution in [3.63, 3.8) is 0 Å². The fourth-order valence-corrected chi connectivity index (χ4v) is 1.72. The Morgan fingerprint density at radius 3 is 2.75 bits per heavy atom. The molecule has 110 valence electrons. The topological polar surface area (TPSA) is 81.5 Å². The third-order valence-electron chi connectivity index (χ3n) is 2.78. The molecule has 6 heteroatoms. The minimum atomic E-state index is -0.582. The van der Waals surface area contributed by atoms with Gasteiger partial charge in [0, 0.05) is 12.1 Å². The van der Waals surface area contributed by atoms with Gasteiger partial charge in [-0.05, 0) is 12.5 Å². The van der Waals surface area contributed by atoms with Gasteiger partial charge in [0.1, 0.15) is 0 Å². The van der Waals surface area contributed by atoms with E-state index in [4.69, 9.17) is 4.74 Å². The van der Waals surface area contributed by atoms with Gasteiger partial charge in [-0.2, -0.15) is 0 Å². The molecule has 0 saturated heterocycles. The molecule has 6 nitrogen and oxygen atoms in total. The van der Waals surface area contributed by atoms with E-state index in [-0.39, 0.29) is 5.69 Å². The van der Waals surface area contributed by atoms with Crippen LogP contribution < -0.4 is 5.32 Å². The van der Waals surface area contributed by atoms with Crippen molar-refractivity contribution >= 4 is 17.5 Å². The number of hydrogen-bond donors (Lipinski definition) is 1. The number of amides is 1. The van der Waals surface area contributed by atoms with Gasteiger partial charge in [0.15, 0.2) is 0 Å². The maximum absolute atomic E-state index is 11.5. The zero-order valence-corrected chi connectivity index (χ0v) is 11.6. The number of carbonyl (C=O) groups excluding carboxylic acids is 1. The average molecular weight is 280 g/mol. The van der Waals surface area contributed by atoms with Gasteiger partial charge in [0.2, 0.25) is 0 Å². The number of anilines is 1. The molecule has 0 saturated carbocycles. The number of non-ortho nitro benzene ring substituents is 1. The van der Waals surface area contributed by atoms with Crippen LogP contribution >= 0.6 is 0 Å². The van der Waals surface area contributed by atoms with Gasteiger partial charge in [-0.1, -0.05) is 38.7 Å². The fraction of sp³-hybridized carbons (Fsp3) is 0.500. The van der Waals surface area contributed by atoms with Crippen LogP contribution in [0, 0.1) is 10.1 Å². The van der Waals surface area contributed by atoms with E-state index in [1.807, 2.05) is 0 Å². The Kier molecular flexibility index (Phi) is 7.10. The quantitative estimate of drug-likeness (QED) is 0.441. The van der Waals surface area contributed by atoms with E-state index in [1.165, 1.54) is 31.0 Å². The molecule has 0 aliphatic rings. The highest BCUT2D eigenvalue weighted by Gasteiger charge is 2.08. The van der Waals surface area contributed by atoms with Crippen LogP contribution in [0.2, 0.25) is 0 Å². The Balaban J connectivity index is 2.28. The number of benzene rings is 1. The first-order chi connectivity index (χ1) is 9.63. The summed E-state index contributed by atoms with van der Waals surface area (Å²) < 4.78 is 5.01. The SMILES string of the molecule is CCCCCCCOC(=O)Nc1cccc([N+](=O)[O-])c1. The molecule has 1 aromatic carbocycles. The average Bonchev–Trinajstić information content (AvgIpc) is 2.43. The van der Waals surface area contributed by atoms with Crippen molar-refractivity contribution in [2.45, 2.75) is 39.0 Å². The highest BCUT2D eigenvalue weighted by molar-refractivity contribution is 5.85. The first-order valence-electron chi connectivity index (χ1n) is 6.81. The first kappa shape index (κ1) is 15.9. The molecule has 0 heterocycles. The van der Waals surface area contributed by atoms with Crippen LogP contribution in [0.3, 0.4) is 0 Å². The van der Waals surface area contributed by atoms with Gasteiger partial charge in [-0.25, -0.2) is 4.79 Å². The van der Waals surface area contributed by atoms with Crippen LogP contribution in [0.1, 0.15) is 39.0 Å². The van der Waals surface area contributed by atoms with Gasteiger partial charge < -0.3 is 4.74 Å². The molecule has 1 rings (SSSR count). The predicted octanol–water partition coefficient (Wildman–Crippen LogP) is 4.11. The van der Waals surface area contributed by atoms with E-state index in [9.17, 15) is 14.9 Å². The summed E-state index contributed by atoms with van der Waals surface area (Å²) in [7, 11) is 0. The van der Waals surface area contributed by atoms with Crippen LogP contribution in [0.5, 0.6) is 0 Å². The van der Waals surface area contributed by atoms with E-state index in [2.05, 4.69) is 12.2 Å². The minimum absolute atomic E-state index is 0.0673. The number of ether oxygens (including phenoxy) is 1. The number of unbranched alkanes of at least 4 members (excludes halogenated alkanes) is 4. The monoisotopic (exact) mass is 280 g/mol. The number of hydrogen-bond acceptors (Lipinski definition) is 4. The maximum Gasteiger partial charge on any atom is 0.411 e. The highest BCUT2D eigenvalue weighted by atomic mass is 16.6. The summed E-state index contributed by atoms with van der Waals surface area (Å²) in [6.07, 6.45) is 4.81. The lowest BCUT2D eigenvalue weighted by Crippen LogP contribution is -2.14. The van der Waals surface area contributed by atoms with E-state index in [0.29, 0.717) is 12.3 Å². The number of nitrogens with one attached hydrogen (secondary N) is 1. The van der Waals surface area contributed by atoms with E-state index in [0.717, 1.165) is 19.3 Å². The van der Waals surface area contributed by atoms with Crippen molar-refractivity contribution in [1.29, 1.82) is 0 Å². The smallest absolute Gasteiger partial charge is 0.411 e. The zero-order chi connectivity index (χ0) is 14.8. The number of nitro benzene ring substituents is 1.